The van der Waals surface area contributed by atoms with Crippen LogP contribution >= 0.6 is 0 Å². The molecule has 1 saturated heterocycles. The van der Waals surface area contributed by atoms with Gasteiger partial charge in [0.1, 0.15) is 0 Å². The predicted octanol–water partition coefficient (Wildman–Crippen LogP) is -0.0937. The summed E-state index contributed by atoms with van der Waals surface area (Å²) >= 11 is 0. The number of nitrogens with two attached hydrogens (primary N) is 2. The second-order valence-corrected chi connectivity index (χ2v) is 5.38. The molecule has 1 heterocycles. The number of hydrogen-bond donors (Lipinski definition) is 3. The van der Waals surface area contributed by atoms with Gasteiger partial charge in [0.05, 0.1) is 11.7 Å². The van der Waals surface area contributed by atoms with Gasteiger partial charge in [0, 0.05) is 13.1 Å². The molecule has 124 valence electrons. The van der Waals surface area contributed by atoms with Crippen LogP contribution in [-0.4, -0.2) is 40.9 Å². The first-order chi connectivity index (χ1) is 11.0. The van der Waals surface area contributed by atoms with E-state index in [2.05, 4.69) is 4.99 Å². The van der Waals surface area contributed by atoms with Crippen LogP contribution in [0.2, 0.25) is 0 Å². The standard InChI is InChI=1S/C14H20N6O3/c15-12(13(21)19-7-1-2-8-19)9-10-3-5-11(6-4-10)17-14(16)18-20(22)23/h3-6,12H,1-2,7-9,15H2,(H3,16,17,18). The lowest BCUT2D eigenvalue weighted by atomic mass is 10.1. The normalized spacial score (nSPS) is 16.2. The maximum absolute atomic E-state index is 12.2. The van der Waals surface area contributed by atoms with Crippen molar-refractivity contribution in [2.75, 3.05) is 13.1 Å². The van der Waals surface area contributed by atoms with Crippen LogP contribution in [0.5, 0.6) is 0 Å². The highest BCUT2D eigenvalue weighted by molar-refractivity contribution is 5.82. The maximum atomic E-state index is 12.2. The Labute approximate surface area is 133 Å². The molecule has 1 unspecified atom stereocenters. The summed E-state index contributed by atoms with van der Waals surface area (Å²) in [5, 5.41) is 9.45. The van der Waals surface area contributed by atoms with Crippen molar-refractivity contribution in [2.45, 2.75) is 25.3 Å². The number of hydrogen-bond acceptors (Lipinski definition) is 5. The lowest BCUT2D eigenvalue weighted by molar-refractivity contribution is -0.525. The minimum atomic E-state index is -0.782. The first-order valence-electron chi connectivity index (χ1n) is 7.34. The van der Waals surface area contributed by atoms with Gasteiger partial charge in [-0.1, -0.05) is 17.6 Å². The molecule has 9 nitrogen and oxygen atoms in total. The number of benzene rings is 1. The number of aliphatic imine (C=N–C) groups is 1. The fraction of sp³-hybridized carbons (Fsp3) is 0.429. The van der Waals surface area contributed by atoms with Gasteiger partial charge in [-0.25, -0.2) is 15.1 Å². The van der Waals surface area contributed by atoms with Crippen molar-refractivity contribution >= 4 is 17.6 Å². The number of likely N-dealkylation sites (tertiary alicyclic amines) is 1. The zero-order chi connectivity index (χ0) is 16.8. The van der Waals surface area contributed by atoms with E-state index in [1.165, 1.54) is 0 Å². The average Bonchev–Trinajstić information content (AvgIpc) is 3.01. The van der Waals surface area contributed by atoms with E-state index in [1.807, 2.05) is 0 Å². The third-order valence-corrected chi connectivity index (χ3v) is 3.58. The summed E-state index contributed by atoms with van der Waals surface area (Å²) in [7, 11) is 0. The lowest BCUT2D eigenvalue weighted by Gasteiger charge is -2.20. The fourth-order valence-electron chi connectivity index (χ4n) is 2.48. The number of amides is 1. The maximum Gasteiger partial charge on any atom is 0.256 e. The monoisotopic (exact) mass is 320 g/mol. The molecule has 1 aromatic carbocycles. The second kappa shape index (κ2) is 7.54. The van der Waals surface area contributed by atoms with E-state index in [9.17, 15) is 14.9 Å². The van der Waals surface area contributed by atoms with Gasteiger partial charge in [-0.3, -0.25) is 4.79 Å². The molecule has 1 aromatic rings. The summed E-state index contributed by atoms with van der Waals surface area (Å²) in [6, 6.07) is 6.31. The van der Waals surface area contributed by atoms with Gasteiger partial charge in [-0.2, -0.15) is 0 Å². The van der Waals surface area contributed by atoms with E-state index in [1.54, 1.807) is 34.6 Å². The third-order valence-electron chi connectivity index (χ3n) is 3.58. The van der Waals surface area contributed by atoms with E-state index in [0.717, 1.165) is 31.5 Å². The molecule has 1 aliphatic rings. The molecule has 1 amide bonds. The van der Waals surface area contributed by atoms with Crippen LogP contribution in [-0.2, 0) is 11.2 Å². The molecule has 2 rings (SSSR count). The highest BCUT2D eigenvalue weighted by atomic mass is 16.7. The Morgan fingerprint density at radius 2 is 1.96 bits per heavy atom. The molecule has 9 heteroatoms. The summed E-state index contributed by atoms with van der Waals surface area (Å²) in [6.07, 6.45) is 2.50. The van der Waals surface area contributed by atoms with Crippen molar-refractivity contribution in [3.05, 3.63) is 39.9 Å². The van der Waals surface area contributed by atoms with Gasteiger partial charge in [0.25, 0.3) is 5.96 Å². The summed E-state index contributed by atoms with van der Waals surface area (Å²) in [5.41, 5.74) is 14.5. The van der Waals surface area contributed by atoms with Gasteiger partial charge < -0.3 is 16.4 Å². The molecule has 1 aliphatic heterocycles. The Kier molecular flexibility index (Phi) is 5.47. The van der Waals surface area contributed by atoms with Crippen molar-refractivity contribution in [2.24, 2.45) is 16.5 Å². The highest BCUT2D eigenvalue weighted by Crippen LogP contribution is 2.15. The molecular weight excluding hydrogens is 300 g/mol. The zero-order valence-electron chi connectivity index (χ0n) is 12.6. The Balaban J connectivity index is 1.94. The number of rotatable bonds is 5. The van der Waals surface area contributed by atoms with Gasteiger partial charge in [0.2, 0.25) is 5.91 Å². The van der Waals surface area contributed by atoms with Crippen molar-refractivity contribution in [3.63, 3.8) is 0 Å². The Morgan fingerprint density at radius 3 is 2.52 bits per heavy atom. The Bertz CT molecular complexity index is 595. The molecule has 0 aliphatic carbocycles. The summed E-state index contributed by atoms with van der Waals surface area (Å²) in [4.78, 5) is 28.0. The molecule has 1 fully saturated rings. The van der Waals surface area contributed by atoms with E-state index in [0.29, 0.717) is 12.1 Å². The summed E-state index contributed by atoms with van der Waals surface area (Å²) in [5.74, 6) is -0.326. The largest absolute Gasteiger partial charge is 0.365 e. The van der Waals surface area contributed by atoms with Crippen LogP contribution in [0.1, 0.15) is 18.4 Å². The van der Waals surface area contributed by atoms with E-state index < -0.39 is 11.1 Å². The molecule has 0 aromatic heterocycles. The molecule has 5 N–H and O–H groups in total. The number of nitro groups is 1. The molecule has 1 atom stereocenters. The highest BCUT2D eigenvalue weighted by Gasteiger charge is 2.23. The lowest BCUT2D eigenvalue weighted by Crippen LogP contribution is -2.43. The number of nitrogens with zero attached hydrogens (tertiary/aromatic N) is 3. The minimum absolute atomic E-state index is 0.0241. The van der Waals surface area contributed by atoms with E-state index in [-0.39, 0.29) is 11.9 Å². The van der Waals surface area contributed by atoms with Crippen molar-refractivity contribution in [1.29, 1.82) is 0 Å². The molecule has 0 bridgehead atoms. The van der Waals surface area contributed by atoms with Gasteiger partial charge in [-0.05, 0) is 37.0 Å². The fourth-order valence-corrected chi connectivity index (χ4v) is 2.48. The van der Waals surface area contributed by atoms with Crippen LogP contribution in [0.15, 0.2) is 29.3 Å². The molecule has 23 heavy (non-hydrogen) atoms. The van der Waals surface area contributed by atoms with Crippen molar-refractivity contribution in [3.8, 4) is 0 Å². The summed E-state index contributed by atoms with van der Waals surface area (Å²) < 4.78 is 0. The quantitative estimate of drug-likeness (QED) is 0.300. The van der Waals surface area contributed by atoms with Crippen molar-refractivity contribution in [1.82, 2.24) is 10.3 Å². The van der Waals surface area contributed by atoms with Crippen LogP contribution in [0.3, 0.4) is 0 Å². The minimum Gasteiger partial charge on any atom is -0.365 e. The third kappa shape index (κ3) is 4.92. The first kappa shape index (κ1) is 16.7. The zero-order valence-corrected chi connectivity index (χ0v) is 12.6. The second-order valence-electron chi connectivity index (χ2n) is 5.38. The number of carbonyl (C=O) groups excluding carboxylic acids is 1. The topological polar surface area (TPSA) is 140 Å². The molecule has 0 radical (unpaired) electrons. The van der Waals surface area contributed by atoms with E-state index in [4.69, 9.17) is 11.5 Å². The number of hydrazine groups is 1. The van der Waals surface area contributed by atoms with Crippen molar-refractivity contribution < 1.29 is 9.83 Å². The Morgan fingerprint density at radius 1 is 1.35 bits per heavy atom. The van der Waals surface area contributed by atoms with E-state index >= 15 is 0 Å². The molecular formula is C14H20N6O3. The van der Waals surface area contributed by atoms with Gasteiger partial charge >= 0.3 is 0 Å². The Hall–Kier alpha value is -2.68. The number of guanidine groups is 1. The van der Waals surface area contributed by atoms with Crippen LogP contribution in [0.4, 0.5) is 5.69 Å². The predicted molar refractivity (Wildman–Crippen MR) is 85.3 cm³/mol. The van der Waals surface area contributed by atoms with Crippen LogP contribution in [0.25, 0.3) is 0 Å². The van der Waals surface area contributed by atoms with Crippen LogP contribution < -0.4 is 16.9 Å². The van der Waals surface area contributed by atoms with Gasteiger partial charge in [0.15, 0.2) is 5.03 Å². The average molecular weight is 320 g/mol. The van der Waals surface area contributed by atoms with Crippen LogP contribution in [0, 0.1) is 10.1 Å². The van der Waals surface area contributed by atoms with Gasteiger partial charge in [-0.15, -0.1) is 0 Å². The first-order valence-corrected chi connectivity index (χ1v) is 7.34. The summed E-state index contributed by atoms with van der Waals surface area (Å²) in [6.45, 7) is 1.56. The SMILES string of the molecule is NC(=Nc1ccc(CC(N)C(=O)N2CCCC2)cc1)N[N+](=O)[O-]. The molecule has 0 spiro atoms. The number of carbonyl (C=O) groups is 1. The number of nitrogens with one attached hydrogen (secondary N) is 1. The molecule has 0 saturated carbocycles. The smallest absolute Gasteiger partial charge is 0.256 e.